The predicted octanol–water partition coefficient (Wildman–Crippen LogP) is 1.56. The predicted molar refractivity (Wildman–Crippen MR) is 77.8 cm³/mol. The van der Waals surface area contributed by atoms with Gasteiger partial charge in [-0.25, -0.2) is 4.79 Å². The number of rotatable bonds is 2. The molecule has 0 unspecified atom stereocenters. The van der Waals surface area contributed by atoms with E-state index in [1.54, 1.807) is 6.92 Å². The van der Waals surface area contributed by atoms with Crippen LogP contribution in [0.25, 0.3) is 0 Å². The zero-order valence-electron chi connectivity index (χ0n) is 12.5. The van der Waals surface area contributed by atoms with Crippen molar-refractivity contribution in [3.8, 4) is 0 Å². The van der Waals surface area contributed by atoms with Gasteiger partial charge in [0, 0.05) is 19.1 Å². The number of ether oxygens (including phenoxy) is 2. The van der Waals surface area contributed by atoms with Crippen molar-refractivity contribution in [1.29, 1.82) is 0 Å². The second-order valence-corrected chi connectivity index (χ2v) is 5.74. The Labute approximate surface area is 126 Å². The largest absolute Gasteiger partial charge is 0.466 e. The van der Waals surface area contributed by atoms with E-state index in [-0.39, 0.29) is 31.0 Å². The number of halogens is 1. The number of nitrogens with zero attached hydrogens (tertiary/aromatic N) is 1. The summed E-state index contributed by atoms with van der Waals surface area (Å²) in [4.78, 5) is 25.3. The minimum Gasteiger partial charge on any atom is -0.466 e. The van der Waals surface area contributed by atoms with E-state index in [1.807, 2.05) is 20.8 Å². The molecule has 0 bridgehead atoms. The third-order valence-corrected chi connectivity index (χ3v) is 2.91. The Bertz CT molecular complexity index is 344. The number of nitrogens with two attached hydrogens (primary N) is 1. The van der Waals surface area contributed by atoms with Gasteiger partial charge in [0.1, 0.15) is 5.60 Å². The summed E-state index contributed by atoms with van der Waals surface area (Å²) in [5, 5.41) is 0. The maximum absolute atomic E-state index is 12.0. The van der Waals surface area contributed by atoms with Gasteiger partial charge in [-0.15, -0.1) is 12.4 Å². The number of hydrogen-bond donors (Lipinski definition) is 1. The fraction of sp³-hybridized carbons (Fsp3) is 0.846. The molecule has 1 heterocycles. The summed E-state index contributed by atoms with van der Waals surface area (Å²) >= 11 is 0. The molecule has 118 valence electrons. The van der Waals surface area contributed by atoms with Crippen LogP contribution in [0, 0.1) is 5.92 Å². The highest BCUT2D eigenvalue weighted by atomic mass is 35.5. The number of esters is 1. The van der Waals surface area contributed by atoms with Crippen LogP contribution in [0.2, 0.25) is 0 Å². The van der Waals surface area contributed by atoms with Crippen LogP contribution >= 0.6 is 12.4 Å². The minimum atomic E-state index is -0.546. The first-order chi connectivity index (χ1) is 8.74. The van der Waals surface area contributed by atoms with E-state index in [0.717, 1.165) is 0 Å². The molecule has 1 aliphatic heterocycles. The Hall–Kier alpha value is -1.01. The zero-order chi connectivity index (χ0) is 14.6. The van der Waals surface area contributed by atoms with Gasteiger partial charge in [0.15, 0.2) is 0 Å². The molecular formula is C13H25ClN2O4. The highest BCUT2D eigenvalue weighted by Crippen LogP contribution is 2.19. The van der Waals surface area contributed by atoms with Gasteiger partial charge in [-0.05, 0) is 34.1 Å². The standard InChI is InChI=1S/C13H24N2O4.ClH/c1-5-18-11(16)9-8-15(7-6-10(9)14)12(17)19-13(2,3)4;/h9-10H,5-8,14H2,1-4H3;1H/t9-,10-;/m1./s1. The summed E-state index contributed by atoms with van der Waals surface area (Å²) in [5.41, 5.74) is 5.37. The number of piperidine rings is 1. The number of carbonyl (C=O) groups excluding carboxylic acids is 2. The molecule has 1 fully saturated rings. The molecule has 0 aromatic rings. The van der Waals surface area contributed by atoms with Crippen molar-refractivity contribution in [2.75, 3.05) is 19.7 Å². The molecule has 2 N–H and O–H groups in total. The fourth-order valence-electron chi connectivity index (χ4n) is 1.96. The molecule has 0 aromatic carbocycles. The monoisotopic (exact) mass is 308 g/mol. The lowest BCUT2D eigenvalue weighted by Gasteiger charge is -2.36. The Kier molecular flexibility index (Phi) is 7.30. The van der Waals surface area contributed by atoms with Crippen molar-refractivity contribution >= 4 is 24.5 Å². The van der Waals surface area contributed by atoms with Gasteiger partial charge in [0.05, 0.1) is 12.5 Å². The van der Waals surface area contributed by atoms with Crippen LogP contribution in [0.15, 0.2) is 0 Å². The van der Waals surface area contributed by atoms with Gasteiger partial charge < -0.3 is 20.1 Å². The van der Waals surface area contributed by atoms with E-state index in [4.69, 9.17) is 15.2 Å². The van der Waals surface area contributed by atoms with Crippen LogP contribution in [0.3, 0.4) is 0 Å². The van der Waals surface area contributed by atoms with Gasteiger partial charge in [0.25, 0.3) is 0 Å². The summed E-state index contributed by atoms with van der Waals surface area (Å²) in [5.74, 6) is -0.815. The molecule has 0 saturated carbocycles. The minimum absolute atomic E-state index is 0. The lowest BCUT2D eigenvalue weighted by molar-refractivity contribution is -0.150. The zero-order valence-corrected chi connectivity index (χ0v) is 13.4. The van der Waals surface area contributed by atoms with Crippen LogP contribution in [-0.4, -0.2) is 48.3 Å². The van der Waals surface area contributed by atoms with Crippen LogP contribution in [0.4, 0.5) is 4.79 Å². The number of carbonyl (C=O) groups is 2. The lowest BCUT2D eigenvalue weighted by atomic mass is 9.93. The fourth-order valence-corrected chi connectivity index (χ4v) is 1.96. The summed E-state index contributed by atoms with van der Waals surface area (Å²) < 4.78 is 10.3. The summed E-state index contributed by atoms with van der Waals surface area (Å²) in [6, 6.07) is -0.266. The van der Waals surface area contributed by atoms with Crippen molar-refractivity contribution in [3.05, 3.63) is 0 Å². The normalized spacial score (nSPS) is 22.8. The molecule has 1 saturated heterocycles. The highest BCUT2D eigenvalue weighted by molar-refractivity contribution is 5.85. The molecular weight excluding hydrogens is 284 g/mol. The van der Waals surface area contributed by atoms with Crippen molar-refractivity contribution < 1.29 is 19.1 Å². The van der Waals surface area contributed by atoms with Crippen molar-refractivity contribution in [3.63, 3.8) is 0 Å². The van der Waals surface area contributed by atoms with Gasteiger partial charge in [-0.2, -0.15) is 0 Å². The van der Waals surface area contributed by atoms with E-state index in [0.29, 0.717) is 19.6 Å². The summed E-state index contributed by atoms with van der Waals surface area (Å²) in [7, 11) is 0. The van der Waals surface area contributed by atoms with E-state index >= 15 is 0 Å². The van der Waals surface area contributed by atoms with Gasteiger partial charge in [-0.1, -0.05) is 0 Å². The molecule has 6 nitrogen and oxygen atoms in total. The van der Waals surface area contributed by atoms with Crippen LogP contribution in [0.5, 0.6) is 0 Å². The summed E-state index contributed by atoms with van der Waals surface area (Å²) in [6.07, 6.45) is 0.164. The van der Waals surface area contributed by atoms with Crippen molar-refractivity contribution in [2.45, 2.75) is 45.8 Å². The van der Waals surface area contributed by atoms with E-state index in [9.17, 15) is 9.59 Å². The second-order valence-electron chi connectivity index (χ2n) is 5.74. The first-order valence-corrected chi connectivity index (χ1v) is 6.64. The highest BCUT2D eigenvalue weighted by Gasteiger charge is 2.36. The van der Waals surface area contributed by atoms with E-state index in [1.165, 1.54) is 4.90 Å². The van der Waals surface area contributed by atoms with Gasteiger partial charge in [0.2, 0.25) is 0 Å². The van der Waals surface area contributed by atoms with Crippen LogP contribution in [-0.2, 0) is 14.3 Å². The van der Waals surface area contributed by atoms with Crippen LogP contribution in [0.1, 0.15) is 34.1 Å². The number of hydrogen-bond acceptors (Lipinski definition) is 5. The average Bonchev–Trinajstić information content (AvgIpc) is 2.27. The first kappa shape index (κ1) is 19.0. The number of likely N-dealkylation sites (tertiary alicyclic amines) is 1. The third kappa shape index (κ3) is 5.54. The van der Waals surface area contributed by atoms with Crippen molar-refractivity contribution in [1.82, 2.24) is 4.90 Å². The summed E-state index contributed by atoms with van der Waals surface area (Å²) in [6.45, 7) is 8.25. The molecule has 2 atom stereocenters. The first-order valence-electron chi connectivity index (χ1n) is 6.64. The Balaban J connectivity index is 0.00000361. The second kappa shape index (κ2) is 7.69. The quantitative estimate of drug-likeness (QED) is 0.783. The average molecular weight is 309 g/mol. The number of amides is 1. The molecule has 0 radical (unpaired) electrons. The van der Waals surface area contributed by atoms with Crippen LogP contribution < -0.4 is 5.73 Å². The Morgan fingerprint density at radius 2 is 1.95 bits per heavy atom. The van der Waals surface area contributed by atoms with Gasteiger partial charge in [-0.3, -0.25) is 4.79 Å². The third-order valence-electron chi connectivity index (χ3n) is 2.91. The van der Waals surface area contributed by atoms with E-state index < -0.39 is 17.6 Å². The smallest absolute Gasteiger partial charge is 0.410 e. The Morgan fingerprint density at radius 3 is 2.45 bits per heavy atom. The maximum Gasteiger partial charge on any atom is 0.410 e. The molecule has 7 heteroatoms. The van der Waals surface area contributed by atoms with Gasteiger partial charge >= 0.3 is 12.1 Å². The van der Waals surface area contributed by atoms with Crippen molar-refractivity contribution in [2.24, 2.45) is 11.7 Å². The molecule has 1 amide bonds. The lowest BCUT2D eigenvalue weighted by Crippen LogP contribution is -2.53. The molecule has 1 aliphatic rings. The Morgan fingerprint density at radius 1 is 1.35 bits per heavy atom. The molecule has 0 spiro atoms. The molecule has 0 aliphatic carbocycles. The molecule has 0 aromatic heterocycles. The maximum atomic E-state index is 12.0. The topological polar surface area (TPSA) is 81.9 Å². The SMILES string of the molecule is CCOC(=O)[C@@H]1CN(C(=O)OC(C)(C)C)CC[C@H]1N.Cl. The molecule has 1 rings (SSSR count). The van der Waals surface area contributed by atoms with E-state index in [2.05, 4.69) is 0 Å². The molecule has 20 heavy (non-hydrogen) atoms.